The van der Waals surface area contributed by atoms with Crippen molar-refractivity contribution in [1.29, 1.82) is 0 Å². The minimum Gasteiger partial charge on any atom is -0.301 e. The van der Waals surface area contributed by atoms with E-state index < -0.39 is 0 Å². The number of thiazole rings is 1. The Morgan fingerprint density at radius 1 is 1.26 bits per heavy atom. The Hall–Kier alpha value is -1.53. The van der Waals surface area contributed by atoms with Crippen LogP contribution >= 0.6 is 62.0 Å². The van der Waals surface area contributed by atoms with Crippen LogP contribution in [0, 0.1) is 6.92 Å². The summed E-state index contributed by atoms with van der Waals surface area (Å²) in [5, 5.41) is 16.4. The monoisotopic (exact) mass is 503 g/mol. The molecule has 0 aliphatic carbocycles. The van der Waals surface area contributed by atoms with Gasteiger partial charge in [0.25, 0.3) is 5.91 Å². The van der Waals surface area contributed by atoms with E-state index in [2.05, 4.69) is 41.7 Å². The molecule has 0 bridgehead atoms. The van der Waals surface area contributed by atoms with E-state index in [9.17, 15) is 9.59 Å². The molecule has 12 heteroatoms. The normalized spacial score (nSPS) is 10.6. The van der Waals surface area contributed by atoms with Gasteiger partial charge in [0.1, 0.15) is 0 Å². The number of benzene rings is 1. The van der Waals surface area contributed by atoms with Gasteiger partial charge in [-0.2, -0.15) is 0 Å². The molecular weight excluding hydrogens is 494 g/mol. The lowest BCUT2D eigenvalue weighted by atomic mass is 10.2. The molecule has 0 saturated heterocycles. The van der Waals surface area contributed by atoms with Crippen molar-refractivity contribution in [2.45, 2.75) is 11.3 Å². The fourth-order valence-electron chi connectivity index (χ4n) is 1.85. The summed E-state index contributed by atoms with van der Waals surface area (Å²) < 4.78 is 1.31. The smallest absolute Gasteiger partial charge is 0.259 e. The number of amides is 2. The van der Waals surface area contributed by atoms with Gasteiger partial charge in [0.15, 0.2) is 9.47 Å². The zero-order valence-corrected chi connectivity index (χ0v) is 18.4. The van der Waals surface area contributed by atoms with E-state index in [0.29, 0.717) is 25.2 Å². The number of rotatable bonds is 6. The van der Waals surface area contributed by atoms with Gasteiger partial charge < -0.3 is 5.32 Å². The number of thioether (sulfide) groups is 1. The van der Waals surface area contributed by atoms with Gasteiger partial charge >= 0.3 is 0 Å². The molecule has 0 radical (unpaired) electrons. The molecule has 2 N–H and O–H groups in total. The molecule has 0 unspecified atom stereocenters. The largest absolute Gasteiger partial charge is 0.301 e. The molecule has 1 aromatic carbocycles. The van der Waals surface area contributed by atoms with E-state index in [1.807, 2.05) is 12.3 Å². The minimum atomic E-state index is -0.383. The Morgan fingerprint density at radius 3 is 2.81 bits per heavy atom. The summed E-state index contributed by atoms with van der Waals surface area (Å²) in [6.45, 7) is 1.86. The fourth-order valence-corrected chi connectivity index (χ4v) is 4.66. The fraction of sp³-hybridized carbons (Fsp3) is 0.133. The number of nitrogens with zero attached hydrogens (tertiary/aromatic N) is 3. The predicted molar refractivity (Wildman–Crippen MR) is 113 cm³/mol. The molecule has 0 atom stereocenters. The highest BCUT2D eigenvalue weighted by atomic mass is 79.9. The van der Waals surface area contributed by atoms with Gasteiger partial charge in [-0.15, -0.1) is 21.5 Å². The lowest BCUT2D eigenvalue weighted by Crippen LogP contribution is -2.13. The number of nitrogens with one attached hydrogen (secondary N) is 2. The summed E-state index contributed by atoms with van der Waals surface area (Å²) in [5.74, 6) is -0.402. The van der Waals surface area contributed by atoms with Crippen molar-refractivity contribution in [3.63, 3.8) is 0 Å². The average molecular weight is 505 g/mol. The van der Waals surface area contributed by atoms with Crippen molar-refractivity contribution in [2.24, 2.45) is 0 Å². The first-order valence-corrected chi connectivity index (χ1v) is 11.2. The second-order valence-corrected chi connectivity index (χ2v) is 9.46. The number of hydrogen-bond acceptors (Lipinski definition) is 8. The van der Waals surface area contributed by atoms with Gasteiger partial charge in [0, 0.05) is 9.85 Å². The van der Waals surface area contributed by atoms with Crippen molar-refractivity contribution in [3.8, 4) is 0 Å². The maximum Gasteiger partial charge on any atom is 0.259 e. The Morgan fingerprint density at radius 2 is 2.07 bits per heavy atom. The van der Waals surface area contributed by atoms with E-state index in [1.54, 1.807) is 18.2 Å². The van der Waals surface area contributed by atoms with E-state index in [4.69, 9.17) is 11.6 Å². The Balaban J connectivity index is 1.54. The lowest BCUT2D eigenvalue weighted by molar-refractivity contribution is -0.113. The third-order valence-corrected chi connectivity index (χ3v) is 6.66. The Labute approximate surface area is 180 Å². The summed E-state index contributed by atoms with van der Waals surface area (Å²) in [7, 11) is 0. The lowest BCUT2D eigenvalue weighted by Gasteiger charge is -2.04. The maximum absolute atomic E-state index is 12.3. The Kier molecular flexibility index (Phi) is 6.82. The van der Waals surface area contributed by atoms with Crippen molar-refractivity contribution >= 4 is 84.0 Å². The highest BCUT2D eigenvalue weighted by Crippen LogP contribution is 2.27. The first kappa shape index (κ1) is 20.2. The molecule has 27 heavy (non-hydrogen) atoms. The maximum atomic E-state index is 12.3. The van der Waals surface area contributed by atoms with Crippen LogP contribution in [0.4, 0.5) is 10.3 Å². The van der Waals surface area contributed by atoms with Crippen LogP contribution in [0.1, 0.15) is 16.1 Å². The van der Waals surface area contributed by atoms with Crippen molar-refractivity contribution < 1.29 is 9.59 Å². The molecule has 0 aliphatic rings. The van der Waals surface area contributed by atoms with Gasteiger partial charge in [-0.3, -0.25) is 14.9 Å². The molecule has 0 fully saturated rings. The van der Waals surface area contributed by atoms with Gasteiger partial charge in [0.2, 0.25) is 11.0 Å². The van der Waals surface area contributed by atoms with Crippen LogP contribution < -0.4 is 10.6 Å². The quantitative estimate of drug-likeness (QED) is 0.373. The zero-order valence-electron chi connectivity index (χ0n) is 13.7. The Bertz CT molecular complexity index is 994. The summed E-state index contributed by atoms with van der Waals surface area (Å²) in [6, 6.07) is 5.00. The zero-order chi connectivity index (χ0) is 19.4. The van der Waals surface area contributed by atoms with Crippen LogP contribution in [-0.4, -0.2) is 32.7 Å². The summed E-state index contributed by atoms with van der Waals surface area (Å²) in [6.07, 6.45) is 0. The third-order valence-electron chi connectivity index (χ3n) is 2.99. The van der Waals surface area contributed by atoms with Crippen LogP contribution in [0.25, 0.3) is 0 Å². The predicted octanol–water partition coefficient (Wildman–Crippen LogP) is 4.70. The van der Waals surface area contributed by atoms with Crippen LogP contribution in [0.15, 0.2) is 32.4 Å². The number of aromatic nitrogens is 3. The van der Waals surface area contributed by atoms with E-state index in [0.717, 1.165) is 10.2 Å². The number of carbonyl (C=O) groups is 2. The number of carbonyl (C=O) groups excluding carboxylic acids is 2. The molecule has 140 valence electrons. The second kappa shape index (κ2) is 9.11. The molecule has 2 amide bonds. The topological polar surface area (TPSA) is 96.9 Å². The molecule has 0 spiro atoms. The molecule has 0 saturated carbocycles. The number of anilines is 2. The van der Waals surface area contributed by atoms with Gasteiger partial charge in [-0.1, -0.05) is 50.6 Å². The summed E-state index contributed by atoms with van der Waals surface area (Å²) in [5.41, 5.74) is 1.19. The van der Waals surface area contributed by atoms with E-state index in [-0.39, 0.29) is 17.6 Å². The average Bonchev–Trinajstić information content (AvgIpc) is 3.24. The highest BCUT2D eigenvalue weighted by Gasteiger charge is 2.15. The SMILES string of the molecule is Cc1csc(NC(=O)CSc2nnc(NC(=O)c3cc(Br)ccc3Cl)s2)n1. The van der Waals surface area contributed by atoms with Crippen molar-refractivity contribution in [2.75, 3.05) is 16.4 Å². The number of halogens is 2. The van der Waals surface area contributed by atoms with Crippen LogP contribution in [0.5, 0.6) is 0 Å². The van der Waals surface area contributed by atoms with Crippen molar-refractivity contribution in [1.82, 2.24) is 15.2 Å². The molecule has 7 nitrogen and oxygen atoms in total. The molecule has 3 aromatic rings. The number of hydrogen-bond donors (Lipinski definition) is 2. The molecule has 2 aromatic heterocycles. The molecule has 0 aliphatic heterocycles. The second-order valence-electron chi connectivity index (χ2n) is 5.08. The first-order valence-electron chi connectivity index (χ1n) is 7.35. The van der Waals surface area contributed by atoms with Gasteiger partial charge in [-0.25, -0.2) is 4.98 Å². The molecule has 2 heterocycles. The van der Waals surface area contributed by atoms with Crippen LogP contribution in [-0.2, 0) is 4.79 Å². The third kappa shape index (κ3) is 5.72. The highest BCUT2D eigenvalue weighted by molar-refractivity contribution is 9.10. The van der Waals surface area contributed by atoms with Crippen LogP contribution in [0.3, 0.4) is 0 Å². The van der Waals surface area contributed by atoms with E-state index in [1.165, 1.54) is 34.4 Å². The number of aryl methyl sites for hydroxylation is 1. The van der Waals surface area contributed by atoms with Crippen molar-refractivity contribution in [3.05, 3.63) is 44.3 Å². The minimum absolute atomic E-state index is 0.165. The summed E-state index contributed by atoms with van der Waals surface area (Å²) >= 11 is 13.1. The standard InChI is InChI=1S/C15H11BrClN5O2S3/c1-7-5-25-13(18-7)19-11(23)6-26-15-22-21-14(27-15)20-12(24)9-4-8(16)2-3-10(9)17/h2-5H,6H2,1H3,(H,18,19,23)(H,20,21,24). The molecular formula is C15H11BrClN5O2S3. The summed E-state index contributed by atoms with van der Waals surface area (Å²) in [4.78, 5) is 28.4. The van der Waals surface area contributed by atoms with Gasteiger partial charge in [0.05, 0.1) is 22.0 Å². The van der Waals surface area contributed by atoms with E-state index >= 15 is 0 Å². The van der Waals surface area contributed by atoms with Gasteiger partial charge in [-0.05, 0) is 25.1 Å². The first-order chi connectivity index (χ1) is 12.9. The molecule has 3 rings (SSSR count). The van der Waals surface area contributed by atoms with Crippen LogP contribution in [0.2, 0.25) is 5.02 Å².